The predicted molar refractivity (Wildman–Crippen MR) is 275 cm³/mol. The molecule has 4 heterocycles. The fourth-order valence-electron chi connectivity index (χ4n) is 23.2. The molecular weight excluding hydrogens is 789 g/mol. The molecule has 0 saturated carbocycles. The van der Waals surface area contributed by atoms with E-state index in [0.29, 0.717) is 13.5 Å². The van der Waals surface area contributed by atoms with Crippen molar-refractivity contribution < 1.29 is 4.74 Å². The number of benzene rings is 18. The van der Waals surface area contributed by atoms with E-state index in [1.807, 2.05) is 0 Å². The highest BCUT2D eigenvalue weighted by atomic mass is 16.5. The van der Waals surface area contributed by atoms with Crippen LogP contribution in [0.1, 0.15) is 0 Å². The lowest BCUT2D eigenvalue weighted by molar-refractivity contribution is 0.0389. The van der Waals surface area contributed by atoms with E-state index in [4.69, 9.17) is 4.74 Å². The molecule has 0 N–H and O–H groups in total. The smallest absolute Gasteiger partial charge is 0.125 e. The third-order valence-corrected chi connectivity index (χ3v) is 23.4. The van der Waals surface area contributed by atoms with Crippen molar-refractivity contribution in [1.29, 1.82) is 0 Å². The van der Waals surface area contributed by atoms with Gasteiger partial charge in [-0.1, -0.05) is 0 Å². The van der Waals surface area contributed by atoms with Crippen LogP contribution >= 0.6 is 0 Å². The van der Waals surface area contributed by atoms with E-state index in [2.05, 4.69) is 9.13 Å². The van der Waals surface area contributed by atoms with E-state index in [0.717, 1.165) is 0 Å². The summed E-state index contributed by atoms with van der Waals surface area (Å²) in [4.78, 5) is 0. The Balaban J connectivity index is 1.32. The Kier molecular flexibility index (Phi) is 1.80. The normalized spacial score (nSPS) is 18.3. The minimum Gasteiger partial charge on any atom is -0.340 e. The van der Waals surface area contributed by atoms with Gasteiger partial charge < -0.3 is 13.9 Å². The van der Waals surface area contributed by atoms with Crippen molar-refractivity contribution in [1.82, 2.24) is 9.13 Å². The van der Waals surface area contributed by atoms with E-state index in [1.54, 1.807) is 302 Å². The first-order valence-corrected chi connectivity index (χ1v) is 24.1. The van der Waals surface area contributed by atoms with Gasteiger partial charge in [-0.05, 0) is 0 Å². The molecule has 6 bridgehead atoms. The van der Waals surface area contributed by atoms with Crippen LogP contribution < -0.4 is 0 Å². The standard InChI is InChI=1S/C62H4N2O/c1-63-59-54-45-35-25-15-8-3-4-6-7-5(3)12-17(15)27-29-19(12)21-14(7)22-20-13(6)18-16-9(4)11-10(8)23(25)33-34-24(11)26(16)36-38-28(18)30(20)40-42-32(22)31(21)41-39(29)49(47(54)37(27)35)56-51(41)52(42)57-50(40)48(38)55-46(36)44(34)53(43(33)45)58(59)60(55)64(2-65-1)62(57)61(56)63/h1-2H2. The fraction of sp³-hybridized carbons (Fsp3) is 0.0323. The molecule has 1 aliphatic rings. The third kappa shape index (κ3) is 1.20. The molecule has 0 spiro atoms. The van der Waals surface area contributed by atoms with Gasteiger partial charge >= 0.3 is 0 Å². The largest absolute Gasteiger partial charge is 0.340 e. The highest BCUT2D eigenvalue weighted by Crippen LogP contribution is 2.79. The molecule has 0 fully saturated rings. The lowest BCUT2D eigenvalue weighted by Gasteiger charge is -2.19. The molecule has 3 nitrogen and oxygen atoms in total. The van der Waals surface area contributed by atoms with Gasteiger partial charge in [0, 0.05) is 302 Å². The Hall–Kier alpha value is -8.24. The fourth-order valence-corrected chi connectivity index (χ4v) is 23.2. The average Bonchev–Trinajstić information content (AvgIpc) is 4.18. The maximum Gasteiger partial charge on any atom is 0.125 e. The van der Waals surface area contributed by atoms with Crippen LogP contribution in [0.3, 0.4) is 0 Å². The van der Waals surface area contributed by atoms with Crippen molar-refractivity contribution in [2.24, 2.45) is 0 Å². The molecule has 65 heavy (non-hydrogen) atoms. The second-order valence-electron chi connectivity index (χ2n) is 23.7. The Morgan fingerprint density at radius 2 is 0.262 bits per heavy atom. The van der Waals surface area contributed by atoms with Crippen LogP contribution in [0, 0.1) is 0 Å². The molecule has 0 radical (unpaired) electrons. The zero-order valence-electron chi connectivity index (χ0n) is 32.7. The number of hydrogen-bond acceptors (Lipinski definition) is 1. The summed E-state index contributed by atoms with van der Waals surface area (Å²) in [5.41, 5.74) is 5.87. The van der Waals surface area contributed by atoms with Gasteiger partial charge in [-0.3, -0.25) is 0 Å². The molecular formula is C62H4N2O. The van der Waals surface area contributed by atoms with Crippen LogP contribution in [0.15, 0.2) is 0 Å². The molecule has 3 aromatic heterocycles. The molecule has 0 amide bonds. The van der Waals surface area contributed by atoms with Crippen molar-refractivity contribution >= 4 is 324 Å². The maximum atomic E-state index is 7.21. The first-order chi connectivity index (χ1) is 32.5. The Morgan fingerprint density at radius 1 is 0.138 bits per heavy atom. The zero-order valence-corrected chi connectivity index (χ0v) is 32.7. The van der Waals surface area contributed by atoms with Gasteiger partial charge in [0.05, 0.1) is 22.1 Å². The molecule has 268 valence electrons. The molecule has 0 aliphatic carbocycles. The van der Waals surface area contributed by atoms with E-state index < -0.39 is 0 Å². The minimum absolute atomic E-state index is 0.584. The molecule has 1 aliphatic heterocycles. The summed E-state index contributed by atoms with van der Waals surface area (Å²) in [6.07, 6.45) is 0. The van der Waals surface area contributed by atoms with Crippen molar-refractivity contribution in [3.63, 3.8) is 0 Å². The van der Waals surface area contributed by atoms with Gasteiger partial charge in [-0.25, -0.2) is 0 Å². The Morgan fingerprint density at radius 3 is 0.431 bits per heavy atom. The summed E-state index contributed by atoms with van der Waals surface area (Å²) in [6, 6.07) is 0. The summed E-state index contributed by atoms with van der Waals surface area (Å²) in [5, 5.41) is 90.6. The van der Waals surface area contributed by atoms with Gasteiger partial charge in [-0.2, -0.15) is 0 Å². The summed E-state index contributed by atoms with van der Waals surface area (Å²) in [7, 11) is 0. The molecule has 33 rings (SSSR count). The highest BCUT2D eigenvalue weighted by Gasteiger charge is 2.50. The number of nitrogens with zero attached hydrogens (tertiary/aromatic N) is 2. The maximum absolute atomic E-state index is 7.21. The van der Waals surface area contributed by atoms with Gasteiger partial charge in [0.1, 0.15) is 13.5 Å². The van der Waals surface area contributed by atoms with Crippen LogP contribution in [0.4, 0.5) is 0 Å². The summed E-state index contributed by atoms with van der Waals surface area (Å²) >= 11 is 0. The second kappa shape index (κ2) is 5.12. The molecule has 3 heteroatoms. The predicted octanol–water partition coefficient (Wildman–Crippen LogP) is 17.4. The monoisotopic (exact) mass is 792 g/mol. The zero-order chi connectivity index (χ0) is 37.9. The molecule has 0 unspecified atom stereocenters. The van der Waals surface area contributed by atoms with Gasteiger partial charge in [0.2, 0.25) is 0 Å². The molecule has 0 atom stereocenters. The second-order valence-corrected chi connectivity index (χ2v) is 23.7. The first kappa shape index (κ1) is 22.9. The number of rotatable bonds is 0. The van der Waals surface area contributed by atoms with Gasteiger partial charge in [-0.15, -0.1) is 0 Å². The summed E-state index contributed by atoms with van der Waals surface area (Å²) < 4.78 is 12.8. The van der Waals surface area contributed by atoms with E-state index >= 15 is 0 Å². The van der Waals surface area contributed by atoms with Gasteiger partial charge in [0.25, 0.3) is 0 Å². The van der Waals surface area contributed by atoms with E-state index in [1.165, 1.54) is 22.1 Å². The van der Waals surface area contributed by atoms with Crippen molar-refractivity contribution in [3.05, 3.63) is 0 Å². The lowest BCUT2D eigenvalue weighted by atomic mass is 9.88. The van der Waals surface area contributed by atoms with Gasteiger partial charge in [0.15, 0.2) is 0 Å². The van der Waals surface area contributed by atoms with Crippen LogP contribution in [-0.4, -0.2) is 9.13 Å². The Bertz CT molecular complexity index is 7130. The quantitative estimate of drug-likeness (QED) is 0.140. The van der Waals surface area contributed by atoms with E-state index in [9.17, 15) is 0 Å². The average molecular weight is 793 g/mol. The van der Waals surface area contributed by atoms with Crippen molar-refractivity contribution in [2.45, 2.75) is 13.5 Å². The molecule has 32 aromatic rings. The topological polar surface area (TPSA) is 19.1 Å². The highest BCUT2D eigenvalue weighted by molar-refractivity contribution is 6.83. The van der Waals surface area contributed by atoms with Crippen LogP contribution in [0.25, 0.3) is 324 Å². The van der Waals surface area contributed by atoms with Crippen molar-refractivity contribution in [3.8, 4) is 0 Å². The Labute approximate surface area is 349 Å². The SMILES string of the molecule is C1OCn2c3c4c5c6c7c8c9c%10c%11c%12c%13c%10c%10c8c8c%14c%10c%10c%13c%13c%15c%12c%12c%16c%11c%11c9c7c7c9c%11c%16c%11c%16c%12c%15c%12c%15c%13c%10c%10c%14c(c4c86)c4c%10c%15c6c%12c%16c8c%11c9c(c75)c3c8n1c6c42. The third-order valence-electron chi connectivity index (χ3n) is 23.4. The lowest BCUT2D eigenvalue weighted by Crippen LogP contribution is -2.07. The summed E-state index contributed by atoms with van der Waals surface area (Å²) in [6.45, 7) is 1.17. The molecule has 29 aromatic carbocycles. The first-order valence-electron chi connectivity index (χ1n) is 24.1. The number of ether oxygens (including phenoxy) is 1. The summed E-state index contributed by atoms with van der Waals surface area (Å²) in [5.74, 6) is 0. The van der Waals surface area contributed by atoms with Crippen LogP contribution in [0.2, 0.25) is 0 Å². The number of hydrogen-bond donors (Lipinski definition) is 0. The van der Waals surface area contributed by atoms with Crippen LogP contribution in [-0.2, 0) is 18.2 Å². The van der Waals surface area contributed by atoms with Crippen LogP contribution in [0.5, 0.6) is 0 Å². The van der Waals surface area contributed by atoms with E-state index in [-0.39, 0.29) is 0 Å². The molecule has 0 saturated heterocycles. The van der Waals surface area contributed by atoms with Crippen molar-refractivity contribution in [2.75, 3.05) is 0 Å². The minimum atomic E-state index is 0.584. The number of aromatic nitrogens is 2.